The van der Waals surface area contributed by atoms with Crippen LogP contribution in [0.1, 0.15) is 5.56 Å². The van der Waals surface area contributed by atoms with Crippen LogP contribution >= 0.6 is 0 Å². The molecular weight excluding hydrogens is 329 g/mol. The predicted octanol–water partition coefficient (Wildman–Crippen LogP) is 2.21. The number of anilines is 1. The molecule has 1 heterocycles. The van der Waals surface area contributed by atoms with Gasteiger partial charge in [0.2, 0.25) is 10.0 Å². The van der Waals surface area contributed by atoms with E-state index in [4.69, 9.17) is 5.26 Å². The van der Waals surface area contributed by atoms with Crippen LogP contribution in [0.5, 0.6) is 0 Å². The summed E-state index contributed by atoms with van der Waals surface area (Å²) in [7, 11) is -3.69. The van der Waals surface area contributed by atoms with Crippen molar-refractivity contribution in [3.8, 4) is 6.07 Å². The first-order valence-electron chi connectivity index (χ1n) is 7.52. The van der Waals surface area contributed by atoms with Gasteiger partial charge in [-0.15, -0.1) is 0 Å². The molecule has 1 saturated heterocycles. The van der Waals surface area contributed by atoms with Crippen LogP contribution in [0.3, 0.4) is 0 Å². The Kier molecular flexibility index (Phi) is 4.51. The normalized spacial score (nSPS) is 15.9. The zero-order valence-electron chi connectivity index (χ0n) is 12.9. The monoisotopic (exact) mass is 345 g/mol. The van der Waals surface area contributed by atoms with E-state index in [1.165, 1.54) is 28.6 Å². The average Bonchev–Trinajstić information content (AvgIpc) is 2.62. The van der Waals surface area contributed by atoms with Gasteiger partial charge in [0.1, 0.15) is 11.9 Å². The maximum atomic E-state index is 13.0. The lowest BCUT2D eigenvalue weighted by molar-refractivity contribution is 0.385. The number of piperazine rings is 1. The van der Waals surface area contributed by atoms with Crippen molar-refractivity contribution >= 4 is 15.7 Å². The second-order valence-corrected chi connectivity index (χ2v) is 7.38. The molecular formula is C17H16FN3O2S. The Hall–Kier alpha value is -2.43. The zero-order chi connectivity index (χ0) is 17.2. The van der Waals surface area contributed by atoms with Crippen LogP contribution < -0.4 is 4.90 Å². The van der Waals surface area contributed by atoms with Gasteiger partial charge in [-0.2, -0.15) is 9.57 Å². The Labute approximate surface area is 140 Å². The highest BCUT2D eigenvalue weighted by Gasteiger charge is 2.30. The van der Waals surface area contributed by atoms with Gasteiger partial charge in [-0.3, -0.25) is 0 Å². The molecule has 0 N–H and O–H groups in total. The summed E-state index contributed by atoms with van der Waals surface area (Å²) in [6, 6.07) is 14.3. The van der Waals surface area contributed by atoms with E-state index >= 15 is 0 Å². The van der Waals surface area contributed by atoms with Gasteiger partial charge in [0.25, 0.3) is 0 Å². The van der Waals surface area contributed by atoms with Crippen LogP contribution in [-0.4, -0.2) is 38.9 Å². The van der Waals surface area contributed by atoms with Crippen LogP contribution in [-0.2, 0) is 10.0 Å². The Morgan fingerprint density at radius 3 is 2.21 bits per heavy atom. The second kappa shape index (κ2) is 6.59. The number of halogens is 1. The van der Waals surface area contributed by atoms with Crippen molar-refractivity contribution in [1.82, 2.24) is 4.31 Å². The lowest BCUT2D eigenvalue weighted by Crippen LogP contribution is -2.48. The van der Waals surface area contributed by atoms with Gasteiger partial charge < -0.3 is 4.90 Å². The highest BCUT2D eigenvalue weighted by Crippen LogP contribution is 2.23. The fourth-order valence-electron chi connectivity index (χ4n) is 2.76. The topological polar surface area (TPSA) is 64.4 Å². The summed E-state index contributed by atoms with van der Waals surface area (Å²) >= 11 is 0. The van der Waals surface area contributed by atoms with Gasteiger partial charge in [-0.25, -0.2) is 12.8 Å². The summed E-state index contributed by atoms with van der Waals surface area (Å²) in [6.45, 7) is 1.66. The third-order valence-electron chi connectivity index (χ3n) is 4.06. The number of benzene rings is 2. The summed E-state index contributed by atoms with van der Waals surface area (Å²) < 4.78 is 39.9. The van der Waals surface area contributed by atoms with Crippen LogP contribution in [0.4, 0.5) is 10.1 Å². The molecule has 7 heteroatoms. The van der Waals surface area contributed by atoms with Crippen molar-refractivity contribution < 1.29 is 12.8 Å². The fourth-order valence-corrected chi connectivity index (χ4v) is 4.33. The number of hydrogen-bond acceptors (Lipinski definition) is 4. The van der Waals surface area contributed by atoms with Crippen molar-refractivity contribution in [2.75, 3.05) is 31.1 Å². The van der Waals surface area contributed by atoms with Crippen molar-refractivity contribution in [2.45, 2.75) is 4.90 Å². The SMILES string of the molecule is N#Cc1ccccc1S(=O)(=O)N1CCN(c2ccc(F)cc2)CC1. The fraction of sp³-hybridized carbons (Fsp3) is 0.235. The molecule has 0 spiro atoms. The summed E-state index contributed by atoms with van der Waals surface area (Å²) in [5.74, 6) is -0.298. The number of hydrogen-bond donors (Lipinski definition) is 0. The summed E-state index contributed by atoms with van der Waals surface area (Å²) in [6.07, 6.45) is 0. The Bertz CT molecular complexity index is 867. The first-order valence-corrected chi connectivity index (χ1v) is 8.96. The van der Waals surface area contributed by atoms with E-state index in [9.17, 15) is 12.8 Å². The molecule has 0 amide bonds. The number of sulfonamides is 1. The molecule has 0 aromatic heterocycles. The third kappa shape index (κ3) is 3.11. The van der Waals surface area contributed by atoms with Crippen LogP contribution in [0.2, 0.25) is 0 Å². The molecule has 2 aromatic rings. The zero-order valence-corrected chi connectivity index (χ0v) is 13.7. The first kappa shape index (κ1) is 16.4. The Morgan fingerprint density at radius 2 is 1.58 bits per heavy atom. The molecule has 0 radical (unpaired) electrons. The molecule has 1 aliphatic rings. The molecule has 1 fully saturated rings. The molecule has 0 atom stereocenters. The maximum Gasteiger partial charge on any atom is 0.244 e. The summed E-state index contributed by atoms with van der Waals surface area (Å²) in [5, 5.41) is 9.12. The van der Waals surface area contributed by atoms with Crippen molar-refractivity contribution in [1.29, 1.82) is 5.26 Å². The van der Waals surface area contributed by atoms with Crippen LogP contribution in [0.25, 0.3) is 0 Å². The minimum Gasteiger partial charge on any atom is -0.369 e. The first-order chi connectivity index (χ1) is 11.5. The van der Waals surface area contributed by atoms with E-state index in [1.807, 2.05) is 11.0 Å². The van der Waals surface area contributed by atoms with E-state index in [1.54, 1.807) is 24.3 Å². The Morgan fingerprint density at radius 1 is 0.958 bits per heavy atom. The smallest absolute Gasteiger partial charge is 0.244 e. The van der Waals surface area contributed by atoms with E-state index in [-0.39, 0.29) is 16.3 Å². The van der Waals surface area contributed by atoms with E-state index in [2.05, 4.69) is 0 Å². The molecule has 2 aromatic carbocycles. The van der Waals surface area contributed by atoms with Gasteiger partial charge in [0.15, 0.2) is 0 Å². The van der Waals surface area contributed by atoms with Crippen molar-refractivity contribution in [3.05, 3.63) is 59.9 Å². The molecule has 0 aliphatic carbocycles. The van der Waals surface area contributed by atoms with Crippen LogP contribution in [0.15, 0.2) is 53.4 Å². The molecule has 24 heavy (non-hydrogen) atoms. The van der Waals surface area contributed by atoms with Gasteiger partial charge in [-0.05, 0) is 36.4 Å². The van der Waals surface area contributed by atoms with Crippen molar-refractivity contribution in [3.63, 3.8) is 0 Å². The molecule has 124 valence electrons. The van der Waals surface area contributed by atoms with Crippen molar-refractivity contribution in [2.24, 2.45) is 0 Å². The van der Waals surface area contributed by atoms with Gasteiger partial charge in [0.05, 0.1) is 10.5 Å². The minimum atomic E-state index is -3.69. The summed E-state index contributed by atoms with van der Waals surface area (Å²) in [5.41, 5.74) is 1.02. The minimum absolute atomic E-state index is 0.0442. The van der Waals surface area contributed by atoms with Gasteiger partial charge >= 0.3 is 0 Å². The van der Waals surface area contributed by atoms with Crippen LogP contribution in [0, 0.1) is 17.1 Å². The second-order valence-electron chi connectivity index (χ2n) is 5.48. The number of nitrogens with zero attached hydrogens (tertiary/aromatic N) is 3. The number of rotatable bonds is 3. The van der Waals surface area contributed by atoms with Gasteiger partial charge in [0, 0.05) is 31.9 Å². The lowest BCUT2D eigenvalue weighted by atomic mass is 10.2. The third-order valence-corrected chi connectivity index (χ3v) is 6.01. The average molecular weight is 345 g/mol. The standard InChI is InChI=1S/C17H16FN3O2S/c18-15-5-7-16(8-6-15)20-9-11-21(12-10-20)24(22,23)17-4-2-1-3-14(17)13-19/h1-8H,9-12H2. The predicted molar refractivity (Wildman–Crippen MR) is 88.5 cm³/mol. The highest BCUT2D eigenvalue weighted by molar-refractivity contribution is 7.89. The highest BCUT2D eigenvalue weighted by atomic mass is 32.2. The maximum absolute atomic E-state index is 13.0. The van der Waals surface area contributed by atoms with E-state index in [0.29, 0.717) is 26.2 Å². The van der Waals surface area contributed by atoms with E-state index < -0.39 is 10.0 Å². The molecule has 0 saturated carbocycles. The molecule has 0 unspecified atom stereocenters. The Balaban J connectivity index is 1.76. The molecule has 0 bridgehead atoms. The quantitative estimate of drug-likeness (QED) is 0.855. The number of nitriles is 1. The van der Waals surface area contributed by atoms with E-state index in [0.717, 1.165) is 5.69 Å². The lowest BCUT2D eigenvalue weighted by Gasteiger charge is -2.35. The largest absolute Gasteiger partial charge is 0.369 e. The summed E-state index contributed by atoms with van der Waals surface area (Å²) in [4.78, 5) is 2.06. The van der Waals surface area contributed by atoms with Gasteiger partial charge in [-0.1, -0.05) is 12.1 Å². The molecule has 1 aliphatic heterocycles. The molecule has 3 rings (SSSR count). The molecule has 5 nitrogen and oxygen atoms in total.